The molecule has 0 fully saturated rings. The van der Waals surface area contributed by atoms with Crippen molar-refractivity contribution in [2.24, 2.45) is 0 Å². The zero-order chi connectivity index (χ0) is 14.4. The second-order valence-corrected chi connectivity index (χ2v) is 5.98. The van der Waals surface area contributed by atoms with Gasteiger partial charge in [0.2, 0.25) is 0 Å². The van der Waals surface area contributed by atoms with E-state index in [1.807, 2.05) is 6.92 Å². The molecule has 0 amide bonds. The number of nitrogens with one attached hydrogen (secondary N) is 1. The highest BCUT2D eigenvalue weighted by molar-refractivity contribution is 9.10. The fraction of sp³-hybridized carbons (Fsp3) is 0.571. The number of halogens is 3. The van der Waals surface area contributed by atoms with Crippen LogP contribution in [-0.2, 0) is 0 Å². The van der Waals surface area contributed by atoms with Crippen LogP contribution in [0.15, 0.2) is 16.6 Å². The Kier molecular flexibility index (Phi) is 7.11. The maximum Gasteiger partial charge on any atom is 0.145 e. The normalized spacial score (nSPS) is 14.2. The van der Waals surface area contributed by atoms with Crippen LogP contribution in [0, 0.1) is 5.82 Å². The van der Waals surface area contributed by atoms with E-state index in [9.17, 15) is 4.39 Å². The van der Waals surface area contributed by atoms with Crippen LogP contribution in [-0.4, -0.2) is 18.7 Å². The second-order valence-electron chi connectivity index (χ2n) is 4.72. The minimum atomic E-state index is -0.473. The van der Waals surface area contributed by atoms with E-state index in [0.717, 1.165) is 19.4 Å². The molecule has 2 unspecified atom stereocenters. The molecule has 0 heterocycles. The molecule has 0 aromatic heterocycles. The van der Waals surface area contributed by atoms with Gasteiger partial charge in [0.1, 0.15) is 17.7 Å². The van der Waals surface area contributed by atoms with Gasteiger partial charge in [0.15, 0.2) is 0 Å². The third-order valence-corrected chi connectivity index (χ3v) is 3.69. The van der Waals surface area contributed by atoms with Crippen molar-refractivity contribution in [3.8, 4) is 5.75 Å². The number of benzene rings is 1. The van der Waals surface area contributed by atoms with Crippen molar-refractivity contribution >= 4 is 27.5 Å². The Labute approximate surface area is 127 Å². The average Bonchev–Trinajstić information content (AvgIpc) is 2.34. The maximum absolute atomic E-state index is 13.4. The van der Waals surface area contributed by atoms with Crippen LogP contribution in [0.3, 0.4) is 0 Å². The van der Waals surface area contributed by atoms with E-state index in [4.69, 9.17) is 16.3 Å². The van der Waals surface area contributed by atoms with Crippen molar-refractivity contribution < 1.29 is 9.13 Å². The summed E-state index contributed by atoms with van der Waals surface area (Å²) in [6, 6.07) is 3.27. The first kappa shape index (κ1) is 16.7. The number of hydrogen-bond donors (Lipinski definition) is 1. The third-order valence-electron chi connectivity index (χ3n) is 2.78. The van der Waals surface area contributed by atoms with Gasteiger partial charge < -0.3 is 10.1 Å². The van der Waals surface area contributed by atoms with E-state index < -0.39 is 5.82 Å². The summed E-state index contributed by atoms with van der Waals surface area (Å²) in [5, 5.41) is 3.47. The Morgan fingerprint density at radius 2 is 2.11 bits per heavy atom. The SMILES string of the molecule is CCCC(C)NCC(C)Oc1cc(F)c(Cl)cc1Br. The molecule has 0 aliphatic heterocycles. The van der Waals surface area contributed by atoms with E-state index in [1.165, 1.54) is 12.1 Å². The standard InChI is InChI=1S/C14H20BrClFNO/c1-4-5-9(2)18-8-10(3)19-14-7-13(17)12(16)6-11(14)15/h6-7,9-10,18H,4-5,8H2,1-3H3. The van der Waals surface area contributed by atoms with Crippen LogP contribution in [0.5, 0.6) is 5.75 Å². The molecule has 1 N–H and O–H groups in total. The van der Waals surface area contributed by atoms with E-state index in [0.29, 0.717) is 16.3 Å². The fourth-order valence-electron chi connectivity index (χ4n) is 1.76. The highest BCUT2D eigenvalue weighted by Gasteiger charge is 2.12. The minimum absolute atomic E-state index is 0.0452. The first-order chi connectivity index (χ1) is 8.93. The molecule has 0 bridgehead atoms. The van der Waals surface area contributed by atoms with Crippen LogP contribution >= 0.6 is 27.5 Å². The Morgan fingerprint density at radius 3 is 2.74 bits per heavy atom. The van der Waals surface area contributed by atoms with E-state index >= 15 is 0 Å². The average molecular weight is 353 g/mol. The molecule has 1 aromatic carbocycles. The summed E-state index contributed by atoms with van der Waals surface area (Å²) in [6.07, 6.45) is 2.24. The van der Waals surface area contributed by atoms with Crippen LogP contribution in [0.4, 0.5) is 4.39 Å². The molecule has 0 radical (unpaired) electrons. The Bertz CT molecular complexity index is 417. The van der Waals surface area contributed by atoms with Gasteiger partial charge in [-0.05, 0) is 42.3 Å². The van der Waals surface area contributed by atoms with Gasteiger partial charge in [-0.15, -0.1) is 0 Å². The quantitative estimate of drug-likeness (QED) is 0.713. The maximum atomic E-state index is 13.4. The van der Waals surface area contributed by atoms with Gasteiger partial charge in [-0.1, -0.05) is 24.9 Å². The third kappa shape index (κ3) is 5.67. The second kappa shape index (κ2) is 8.08. The highest BCUT2D eigenvalue weighted by Crippen LogP contribution is 2.31. The predicted molar refractivity (Wildman–Crippen MR) is 81.6 cm³/mol. The summed E-state index contributed by atoms with van der Waals surface area (Å²) >= 11 is 9.01. The van der Waals surface area contributed by atoms with Crippen molar-refractivity contribution in [2.75, 3.05) is 6.54 Å². The summed E-state index contributed by atoms with van der Waals surface area (Å²) in [5.41, 5.74) is 0. The molecule has 1 aromatic rings. The van der Waals surface area contributed by atoms with Crippen molar-refractivity contribution in [1.29, 1.82) is 0 Å². The lowest BCUT2D eigenvalue weighted by Gasteiger charge is -2.19. The topological polar surface area (TPSA) is 21.3 Å². The van der Waals surface area contributed by atoms with Crippen LogP contribution in [0.25, 0.3) is 0 Å². The summed E-state index contributed by atoms with van der Waals surface area (Å²) < 4.78 is 19.7. The lowest BCUT2D eigenvalue weighted by molar-refractivity contribution is 0.209. The lowest BCUT2D eigenvalue weighted by atomic mass is 10.2. The predicted octanol–water partition coefficient (Wildman–Crippen LogP) is 4.79. The summed E-state index contributed by atoms with van der Waals surface area (Å²) in [7, 11) is 0. The minimum Gasteiger partial charge on any atom is -0.488 e. The monoisotopic (exact) mass is 351 g/mol. The van der Waals surface area contributed by atoms with E-state index in [2.05, 4.69) is 35.1 Å². The largest absolute Gasteiger partial charge is 0.488 e. The van der Waals surface area contributed by atoms with Crippen molar-refractivity contribution in [2.45, 2.75) is 45.8 Å². The van der Waals surface area contributed by atoms with Crippen LogP contribution in [0.2, 0.25) is 5.02 Å². The van der Waals surface area contributed by atoms with Gasteiger partial charge in [-0.2, -0.15) is 0 Å². The molecule has 5 heteroatoms. The molecule has 0 saturated heterocycles. The van der Waals surface area contributed by atoms with E-state index in [-0.39, 0.29) is 11.1 Å². The molecule has 0 aliphatic carbocycles. The molecule has 0 saturated carbocycles. The number of hydrogen-bond acceptors (Lipinski definition) is 2. The highest BCUT2D eigenvalue weighted by atomic mass is 79.9. The number of rotatable bonds is 7. The van der Waals surface area contributed by atoms with Gasteiger partial charge in [0.25, 0.3) is 0 Å². The molecule has 2 nitrogen and oxygen atoms in total. The number of ether oxygens (including phenoxy) is 1. The van der Waals surface area contributed by atoms with Crippen LogP contribution in [0.1, 0.15) is 33.6 Å². The smallest absolute Gasteiger partial charge is 0.145 e. The summed E-state index contributed by atoms with van der Waals surface area (Å²) in [6.45, 7) is 6.97. The molecule has 0 aliphatic rings. The molecule has 0 spiro atoms. The molecule has 2 atom stereocenters. The van der Waals surface area contributed by atoms with Gasteiger partial charge in [0.05, 0.1) is 9.50 Å². The van der Waals surface area contributed by atoms with Gasteiger partial charge in [-0.25, -0.2) is 4.39 Å². The zero-order valence-corrected chi connectivity index (χ0v) is 13.8. The lowest BCUT2D eigenvalue weighted by Crippen LogP contribution is -2.35. The molecular formula is C14H20BrClFNO. The van der Waals surface area contributed by atoms with Crippen LogP contribution < -0.4 is 10.1 Å². The molecule has 19 heavy (non-hydrogen) atoms. The van der Waals surface area contributed by atoms with Crippen molar-refractivity contribution in [3.63, 3.8) is 0 Å². The summed E-state index contributed by atoms with van der Waals surface area (Å²) in [4.78, 5) is 0. The van der Waals surface area contributed by atoms with Gasteiger partial charge in [-0.3, -0.25) is 0 Å². The Morgan fingerprint density at radius 1 is 1.42 bits per heavy atom. The first-order valence-electron chi connectivity index (χ1n) is 6.48. The van der Waals surface area contributed by atoms with E-state index in [1.54, 1.807) is 0 Å². The summed E-state index contributed by atoms with van der Waals surface area (Å²) in [5.74, 6) is -0.00118. The Hall–Kier alpha value is -0.320. The Balaban J connectivity index is 2.52. The van der Waals surface area contributed by atoms with Crippen molar-refractivity contribution in [1.82, 2.24) is 5.32 Å². The fourth-order valence-corrected chi connectivity index (χ4v) is 2.49. The molecule has 1 rings (SSSR count). The van der Waals surface area contributed by atoms with Gasteiger partial charge >= 0.3 is 0 Å². The van der Waals surface area contributed by atoms with Crippen molar-refractivity contribution in [3.05, 3.63) is 27.4 Å². The molecular weight excluding hydrogens is 333 g/mol. The first-order valence-corrected chi connectivity index (χ1v) is 7.65. The zero-order valence-electron chi connectivity index (χ0n) is 11.5. The molecule has 108 valence electrons. The van der Waals surface area contributed by atoms with Gasteiger partial charge in [0, 0.05) is 18.7 Å².